The second-order valence-corrected chi connectivity index (χ2v) is 4.41. The number of aromatic nitrogens is 2. The highest BCUT2D eigenvalue weighted by Gasteiger charge is 2.07. The van der Waals surface area contributed by atoms with E-state index in [4.69, 9.17) is 5.73 Å². The lowest BCUT2D eigenvalue weighted by molar-refractivity contribution is 0.0950. The Bertz CT molecular complexity index is 504. The highest BCUT2D eigenvalue weighted by atomic mass is 79.9. The predicted octanol–water partition coefficient (Wildman–Crippen LogP) is 1.68. The SMILES string of the molecule is Nc1cc(Br)cc(C(=O)NCc2ncc[nH]2)c1. The summed E-state index contributed by atoms with van der Waals surface area (Å²) in [4.78, 5) is 18.7. The van der Waals surface area contributed by atoms with Gasteiger partial charge in [0.25, 0.3) is 5.91 Å². The van der Waals surface area contributed by atoms with Gasteiger partial charge in [-0.15, -0.1) is 0 Å². The van der Waals surface area contributed by atoms with Crippen LogP contribution < -0.4 is 11.1 Å². The number of nitrogens with two attached hydrogens (primary N) is 1. The molecule has 0 fully saturated rings. The first-order chi connectivity index (χ1) is 8.15. The van der Waals surface area contributed by atoms with Crippen molar-refractivity contribution in [2.45, 2.75) is 6.54 Å². The van der Waals surface area contributed by atoms with Crippen LogP contribution >= 0.6 is 15.9 Å². The third-order valence-corrected chi connectivity index (χ3v) is 2.61. The van der Waals surface area contributed by atoms with Gasteiger partial charge in [0, 0.05) is 28.1 Å². The second-order valence-electron chi connectivity index (χ2n) is 3.49. The number of benzene rings is 1. The third kappa shape index (κ3) is 3.07. The lowest BCUT2D eigenvalue weighted by Gasteiger charge is -2.05. The van der Waals surface area contributed by atoms with Crippen LogP contribution in [-0.2, 0) is 6.54 Å². The van der Waals surface area contributed by atoms with Gasteiger partial charge in [0.05, 0.1) is 6.54 Å². The highest BCUT2D eigenvalue weighted by Crippen LogP contribution is 2.17. The van der Waals surface area contributed by atoms with Crippen molar-refractivity contribution in [1.29, 1.82) is 0 Å². The number of hydrogen-bond acceptors (Lipinski definition) is 3. The molecule has 17 heavy (non-hydrogen) atoms. The molecular formula is C11H11BrN4O. The Labute approximate surface area is 107 Å². The minimum atomic E-state index is -0.186. The van der Waals surface area contributed by atoms with Crippen molar-refractivity contribution in [1.82, 2.24) is 15.3 Å². The number of nitrogens with one attached hydrogen (secondary N) is 2. The minimum absolute atomic E-state index is 0.186. The number of carbonyl (C=O) groups is 1. The average Bonchev–Trinajstić information content (AvgIpc) is 2.77. The smallest absolute Gasteiger partial charge is 0.251 e. The fourth-order valence-corrected chi connectivity index (χ4v) is 1.92. The first-order valence-electron chi connectivity index (χ1n) is 4.97. The number of rotatable bonds is 3. The number of carbonyl (C=O) groups excluding carboxylic acids is 1. The van der Waals surface area contributed by atoms with Crippen molar-refractivity contribution in [2.75, 3.05) is 5.73 Å². The van der Waals surface area contributed by atoms with E-state index in [0.29, 0.717) is 23.6 Å². The van der Waals surface area contributed by atoms with Crippen LogP contribution in [0.2, 0.25) is 0 Å². The van der Waals surface area contributed by atoms with Crippen molar-refractivity contribution in [2.24, 2.45) is 0 Å². The molecule has 6 heteroatoms. The van der Waals surface area contributed by atoms with Crippen LogP contribution in [0.15, 0.2) is 35.1 Å². The standard InChI is InChI=1S/C11H11BrN4O/c12-8-3-7(4-9(13)5-8)11(17)16-6-10-14-1-2-15-10/h1-5H,6,13H2,(H,14,15)(H,16,17). The van der Waals surface area contributed by atoms with Gasteiger partial charge in [-0.25, -0.2) is 4.98 Å². The maximum Gasteiger partial charge on any atom is 0.251 e. The van der Waals surface area contributed by atoms with E-state index in [0.717, 1.165) is 4.47 Å². The van der Waals surface area contributed by atoms with Crippen LogP contribution in [0.4, 0.5) is 5.69 Å². The average molecular weight is 295 g/mol. The molecule has 0 radical (unpaired) electrons. The normalized spacial score (nSPS) is 10.2. The number of hydrogen-bond donors (Lipinski definition) is 3. The van der Waals surface area contributed by atoms with E-state index in [9.17, 15) is 4.79 Å². The van der Waals surface area contributed by atoms with Gasteiger partial charge in [-0.3, -0.25) is 4.79 Å². The summed E-state index contributed by atoms with van der Waals surface area (Å²) in [5, 5.41) is 2.75. The van der Waals surface area contributed by atoms with E-state index in [-0.39, 0.29) is 5.91 Å². The van der Waals surface area contributed by atoms with Crippen LogP contribution in [0.3, 0.4) is 0 Å². The van der Waals surface area contributed by atoms with Crippen molar-refractivity contribution in [3.8, 4) is 0 Å². The Balaban J connectivity index is 2.04. The molecule has 0 unspecified atom stereocenters. The highest BCUT2D eigenvalue weighted by molar-refractivity contribution is 9.10. The number of imidazole rings is 1. The maximum atomic E-state index is 11.8. The summed E-state index contributed by atoms with van der Waals surface area (Å²) in [7, 11) is 0. The largest absolute Gasteiger partial charge is 0.399 e. The Morgan fingerprint density at radius 2 is 2.29 bits per heavy atom. The molecule has 0 aliphatic rings. The number of nitrogen functional groups attached to an aromatic ring is 1. The molecule has 0 aliphatic carbocycles. The van der Waals surface area contributed by atoms with Gasteiger partial charge in [0.15, 0.2) is 0 Å². The molecule has 0 spiro atoms. The molecule has 0 bridgehead atoms. The van der Waals surface area contributed by atoms with Gasteiger partial charge in [0.2, 0.25) is 0 Å². The number of H-pyrrole nitrogens is 1. The van der Waals surface area contributed by atoms with E-state index < -0.39 is 0 Å². The zero-order valence-corrected chi connectivity index (χ0v) is 10.5. The third-order valence-electron chi connectivity index (χ3n) is 2.15. The van der Waals surface area contributed by atoms with E-state index in [2.05, 4.69) is 31.2 Å². The summed E-state index contributed by atoms with van der Waals surface area (Å²) in [5.74, 6) is 0.524. The van der Waals surface area contributed by atoms with Gasteiger partial charge >= 0.3 is 0 Å². The lowest BCUT2D eigenvalue weighted by Crippen LogP contribution is -2.23. The molecule has 2 aromatic rings. The molecule has 88 valence electrons. The molecule has 0 aliphatic heterocycles. The zero-order chi connectivity index (χ0) is 12.3. The molecular weight excluding hydrogens is 284 g/mol. The molecule has 1 heterocycles. The second kappa shape index (κ2) is 5.01. The number of anilines is 1. The Hall–Kier alpha value is -1.82. The molecule has 0 atom stereocenters. The summed E-state index contributed by atoms with van der Waals surface area (Å²) in [6.45, 7) is 0.359. The van der Waals surface area contributed by atoms with E-state index in [1.807, 2.05) is 0 Å². The van der Waals surface area contributed by atoms with Gasteiger partial charge in [0.1, 0.15) is 5.82 Å². The van der Waals surface area contributed by atoms with Crippen molar-refractivity contribution >= 4 is 27.5 Å². The molecule has 1 aromatic carbocycles. The molecule has 4 N–H and O–H groups in total. The molecule has 5 nitrogen and oxygen atoms in total. The number of aromatic amines is 1. The van der Waals surface area contributed by atoms with Crippen molar-refractivity contribution in [3.63, 3.8) is 0 Å². The van der Waals surface area contributed by atoms with Gasteiger partial charge in [-0.1, -0.05) is 15.9 Å². The van der Waals surface area contributed by atoms with E-state index in [1.165, 1.54) is 0 Å². The first kappa shape index (κ1) is 11.7. The Morgan fingerprint density at radius 1 is 1.47 bits per heavy atom. The quantitative estimate of drug-likeness (QED) is 0.753. The van der Waals surface area contributed by atoms with Gasteiger partial charge in [-0.05, 0) is 18.2 Å². The van der Waals surface area contributed by atoms with Crippen molar-refractivity contribution < 1.29 is 4.79 Å². The van der Waals surface area contributed by atoms with E-state index >= 15 is 0 Å². The molecule has 0 saturated carbocycles. The van der Waals surface area contributed by atoms with E-state index in [1.54, 1.807) is 30.6 Å². The number of amides is 1. The van der Waals surface area contributed by atoms with Gasteiger partial charge < -0.3 is 16.0 Å². The summed E-state index contributed by atoms with van der Waals surface area (Å²) < 4.78 is 0.778. The molecule has 1 aromatic heterocycles. The molecule has 1 amide bonds. The van der Waals surface area contributed by atoms with Crippen LogP contribution in [-0.4, -0.2) is 15.9 Å². The summed E-state index contributed by atoms with van der Waals surface area (Å²) >= 11 is 3.29. The van der Waals surface area contributed by atoms with Crippen LogP contribution in [0.1, 0.15) is 16.2 Å². The van der Waals surface area contributed by atoms with Crippen LogP contribution in [0, 0.1) is 0 Å². The summed E-state index contributed by atoms with van der Waals surface area (Å²) in [5.41, 5.74) is 6.72. The molecule has 0 saturated heterocycles. The maximum absolute atomic E-state index is 11.8. The molecule has 2 rings (SSSR count). The predicted molar refractivity (Wildman–Crippen MR) is 68.3 cm³/mol. The monoisotopic (exact) mass is 294 g/mol. The van der Waals surface area contributed by atoms with Crippen LogP contribution in [0.25, 0.3) is 0 Å². The zero-order valence-electron chi connectivity index (χ0n) is 8.90. The number of halogens is 1. The fourth-order valence-electron chi connectivity index (χ4n) is 1.40. The minimum Gasteiger partial charge on any atom is -0.399 e. The number of nitrogens with zero attached hydrogens (tertiary/aromatic N) is 1. The fraction of sp³-hybridized carbons (Fsp3) is 0.0909. The van der Waals surface area contributed by atoms with Crippen LogP contribution in [0.5, 0.6) is 0 Å². The van der Waals surface area contributed by atoms with Crippen molar-refractivity contribution in [3.05, 3.63) is 46.5 Å². The topological polar surface area (TPSA) is 83.8 Å². The lowest BCUT2D eigenvalue weighted by atomic mass is 10.2. The summed E-state index contributed by atoms with van der Waals surface area (Å²) in [6, 6.07) is 5.08. The summed E-state index contributed by atoms with van der Waals surface area (Å²) in [6.07, 6.45) is 3.34. The Kier molecular flexibility index (Phi) is 3.43. The van der Waals surface area contributed by atoms with Gasteiger partial charge in [-0.2, -0.15) is 0 Å². The Morgan fingerprint density at radius 3 is 2.94 bits per heavy atom. The first-order valence-corrected chi connectivity index (χ1v) is 5.77.